The van der Waals surface area contributed by atoms with Crippen molar-refractivity contribution in [2.24, 2.45) is 5.41 Å². The van der Waals surface area contributed by atoms with Gasteiger partial charge in [0.25, 0.3) is 0 Å². The van der Waals surface area contributed by atoms with E-state index in [4.69, 9.17) is 5.11 Å². The van der Waals surface area contributed by atoms with Gasteiger partial charge < -0.3 is 15.3 Å². The smallest absolute Gasteiger partial charge is 0.335 e. The van der Waals surface area contributed by atoms with Crippen LogP contribution < -0.4 is 5.32 Å². The van der Waals surface area contributed by atoms with Gasteiger partial charge >= 0.3 is 12.0 Å². The highest BCUT2D eigenvalue weighted by Gasteiger charge is 2.18. The topological polar surface area (TPSA) is 69.6 Å². The molecule has 2 N–H and O–H groups in total. The second kappa shape index (κ2) is 6.26. The van der Waals surface area contributed by atoms with E-state index >= 15 is 0 Å². The largest absolute Gasteiger partial charge is 0.478 e. The molecule has 0 spiro atoms. The van der Waals surface area contributed by atoms with Crippen LogP contribution in [0.15, 0.2) is 22.7 Å². The van der Waals surface area contributed by atoms with E-state index in [0.717, 1.165) is 0 Å². The molecule has 0 aliphatic rings. The number of halogens is 1. The standard InChI is InChI=1S/C14H19BrN2O3/c1-14(2,3)8-17(4)13(20)16-11-6-5-9(12(18)19)7-10(11)15/h5-7H,8H2,1-4H3,(H,16,20)(H,18,19). The molecule has 0 heterocycles. The maximum atomic E-state index is 12.0. The van der Waals surface area contributed by atoms with Crippen LogP contribution in [0, 0.1) is 5.41 Å². The lowest BCUT2D eigenvalue weighted by molar-refractivity contribution is 0.0697. The van der Waals surface area contributed by atoms with E-state index in [9.17, 15) is 9.59 Å². The summed E-state index contributed by atoms with van der Waals surface area (Å²) in [6.07, 6.45) is 0. The van der Waals surface area contributed by atoms with Crippen molar-refractivity contribution in [1.82, 2.24) is 4.90 Å². The summed E-state index contributed by atoms with van der Waals surface area (Å²) in [5.41, 5.74) is 0.718. The third kappa shape index (κ3) is 4.85. The quantitative estimate of drug-likeness (QED) is 0.880. The van der Waals surface area contributed by atoms with Gasteiger partial charge in [0.05, 0.1) is 11.3 Å². The molecule has 1 aromatic carbocycles. The van der Waals surface area contributed by atoms with Gasteiger partial charge in [0.1, 0.15) is 0 Å². The predicted octanol–water partition coefficient (Wildman–Crippen LogP) is 3.66. The maximum absolute atomic E-state index is 12.0. The second-order valence-corrected chi connectivity index (χ2v) is 6.70. The van der Waals surface area contributed by atoms with Crippen LogP contribution in [-0.2, 0) is 0 Å². The van der Waals surface area contributed by atoms with Gasteiger partial charge in [0, 0.05) is 18.1 Å². The third-order valence-corrected chi connectivity index (χ3v) is 3.17. The Balaban J connectivity index is 2.78. The first kappa shape index (κ1) is 16.5. The maximum Gasteiger partial charge on any atom is 0.335 e. The van der Waals surface area contributed by atoms with Gasteiger partial charge in [-0.25, -0.2) is 9.59 Å². The summed E-state index contributed by atoms with van der Waals surface area (Å²) in [6.45, 7) is 6.76. The fraction of sp³-hybridized carbons (Fsp3) is 0.429. The molecule has 0 unspecified atom stereocenters. The second-order valence-electron chi connectivity index (χ2n) is 5.85. The molecule has 0 aliphatic carbocycles. The minimum Gasteiger partial charge on any atom is -0.478 e. The third-order valence-electron chi connectivity index (χ3n) is 2.52. The van der Waals surface area contributed by atoms with Crippen LogP contribution >= 0.6 is 15.9 Å². The highest BCUT2D eigenvalue weighted by Crippen LogP contribution is 2.24. The lowest BCUT2D eigenvalue weighted by Gasteiger charge is -2.26. The lowest BCUT2D eigenvalue weighted by atomic mass is 9.96. The summed E-state index contributed by atoms with van der Waals surface area (Å²) in [5, 5.41) is 11.6. The number of carboxylic acids is 1. The number of carbonyl (C=O) groups excluding carboxylic acids is 1. The fourth-order valence-electron chi connectivity index (χ4n) is 1.74. The molecule has 5 nitrogen and oxygen atoms in total. The Labute approximate surface area is 127 Å². The van der Waals surface area contributed by atoms with Crippen molar-refractivity contribution in [2.45, 2.75) is 20.8 Å². The van der Waals surface area contributed by atoms with Crippen LogP contribution in [0.1, 0.15) is 31.1 Å². The van der Waals surface area contributed by atoms with Crippen LogP contribution in [0.2, 0.25) is 0 Å². The van der Waals surface area contributed by atoms with E-state index in [1.807, 2.05) is 20.8 Å². The Morgan fingerprint density at radius 1 is 1.35 bits per heavy atom. The number of hydrogen-bond donors (Lipinski definition) is 2. The molecule has 0 aromatic heterocycles. The molecule has 6 heteroatoms. The summed E-state index contributed by atoms with van der Waals surface area (Å²) in [5.74, 6) is -1.01. The molecule has 2 amide bonds. The molecular weight excluding hydrogens is 324 g/mol. The van der Waals surface area contributed by atoms with Crippen LogP contribution in [0.25, 0.3) is 0 Å². The normalized spacial score (nSPS) is 11.1. The molecule has 0 bridgehead atoms. The number of carbonyl (C=O) groups is 2. The minimum absolute atomic E-state index is 0.0104. The van der Waals surface area contributed by atoms with Crippen molar-refractivity contribution in [3.05, 3.63) is 28.2 Å². The average molecular weight is 343 g/mol. The Bertz CT molecular complexity index is 524. The number of aromatic carboxylic acids is 1. The zero-order valence-electron chi connectivity index (χ0n) is 12.0. The number of nitrogens with zero attached hydrogens (tertiary/aromatic N) is 1. The Morgan fingerprint density at radius 2 is 1.95 bits per heavy atom. The molecule has 0 radical (unpaired) electrons. The summed E-state index contributed by atoms with van der Waals surface area (Å²) in [6, 6.07) is 4.24. The predicted molar refractivity (Wildman–Crippen MR) is 82.2 cm³/mol. The molecule has 20 heavy (non-hydrogen) atoms. The summed E-state index contributed by atoms with van der Waals surface area (Å²) >= 11 is 3.26. The Morgan fingerprint density at radius 3 is 2.40 bits per heavy atom. The highest BCUT2D eigenvalue weighted by atomic mass is 79.9. The van der Waals surface area contributed by atoms with Crippen LogP contribution in [0.5, 0.6) is 0 Å². The van der Waals surface area contributed by atoms with Gasteiger partial charge in [0.15, 0.2) is 0 Å². The van der Waals surface area contributed by atoms with Crippen molar-refractivity contribution >= 4 is 33.6 Å². The fourth-order valence-corrected chi connectivity index (χ4v) is 2.22. The number of benzene rings is 1. The van der Waals surface area contributed by atoms with Gasteiger partial charge in [-0.05, 0) is 39.5 Å². The first-order valence-electron chi connectivity index (χ1n) is 6.15. The van der Waals surface area contributed by atoms with Gasteiger partial charge in [0.2, 0.25) is 0 Å². The van der Waals surface area contributed by atoms with Gasteiger partial charge in [-0.15, -0.1) is 0 Å². The van der Waals surface area contributed by atoms with E-state index in [1.165, 1.54) is 12.1 Å². The lowest BCUT2D eigenvalue weighted by Crippen LogP contribution is -2.37. The number of amides is 2. The van der Waals surface area contributed by atoms with Crippen LogP contribution in [0.4, 0.5) is 10.5 Å². The summed E-state index contributed by atoms with van der Waals surface area (Å²) in [4.78, 5) is 24.5. The first-order valence-corrected chi connectivity index (χ1v) is 6.94. The molecule has 1 aromatic rings. The monoisotopic (exact) mass is 342 g/mol. The minimum atomic E-state index is -1.01. The van der Waals surface area contributed by atoms with Crippen molar-refractivity contribution < 1.29 is 14.7 Å². The van der Waals surface area contributed by atoms with Gasteiger partial charge in [-0.2, -0.15) is 0 Å². The van der Waals surface area contributed by atoms with Gasteiger partial charge in [-0.1, -0.05) is 20.8 Å². The number of hydrogen-bond acceptors (Lipinski definition) is 2. The molecule has 0 saturated heterocycles. The average Bonchev–Trinajstić information content (AvgIpc) is 2.29. The van der Waals surface area contributed by atoms with E-state index in [1.54, 1.807) is 18.0 Å². The zero-order valence-corrected chi connectivity index (χ0v) is 13.6. The molecular formula is C14H19BrN2O3. The van der Waals surface area contributed by atoms with E-state index < -0.39 is 5.97 Å². The number of nitrogens with one attached hydrogen (secondary N) is 1. The van der Waals surface area contributed by atoms with Gasteiger partial charge in [-0.3, -0.25) is 0 Å². The Hall–Kier alpha value is -1.56. The van der Waals surface area contributed by atoms with Crippen molar-refractivity contribution in [1.29, 1.82) is 0 Å². The van der Waals surface area contributed by atoms with Crippen LogP contribution in [0.3, 0.4) is 0 Å². The van der Waals surface area contributed by atoms with Crippen molar-refractivity contribution in [2.75, 3.05) is 18.9 Å². The zero-order chi connectivity index (χ0) is 15.5. The Kier molecular flexibility index (Phi) is 5.16. The number of carboxylic acid groups (broad SMARTS) is 1. The molecule has 0 atom stereocenters. The number of anilines is 1. The summed E-state index contributed by atoms with van der Waals surface area (Å²) < 4.78 is 0.537. The van der Waals surface area contributed by atoms with E-state index in [-0.39, 0.29) is 17.0 Å². The van der Waals surface area contributed by atoms with Crippen molar-refractivity contribution in [3.8, 4) is 0 Å². The highest BCUT2D eigenvalue weighted by molar-refractivity contribution is 9.10. The number of rotatable bonds is 3. The van der Waals surface area contributed by atoms with E-state index in [2.05, 4.69) is 21.2 Å². The van der Waals surface area contributed by atoms with E-state index in [0.29, 0.717) is 16.7 Å². The summed E-state index contributed by atoms with van der Waals surface area (Å²) in [7, 11) is 1.72. The van der Waals surface area contributed by atoms with Crippen molar-refractivity contribution in [3.63, 3.8) is 0 Å². The molecule has 0 saturated carbocycles. The SMILES string of the molecule is CN(CC(C)(C)C)C(=O)Nc1ccc(C(=O)O)cc1Br. The first-order chi connectivity index (χ1) is 9.10. The molecule has 1 rings (SSSR count). The molecule has 0 fully saturated rings. The van der Waals surface area contributed by atoms with Crippen LogP contribution in [-0.4, -0.2) is 35.6 Å². The molecule has 110 valence electrons. The number of urea groups is 1. The molecule has 0 aliphatic heterocycles.